The lowest BCUT2D eigenvalue weighted by Gasteiger charge is -2.18. The van der Waals surface area contributed by atoms with E-state index in [1.165, 1.54) is 31.4 Å². The van der Waals surface area contributed by atoms with Crippen LogP contribution in [-0.2, 0) is 19.1 Å². The maximum Gasteiger partial charge on any atom is 0.337 e. The highest BCUT2D eigenvalue weighted by Gasteiger charge is 2.46. The third-order valence-electron chi connectivity index (χ3n) is 3.49. The molecule has 25 heavy (non-hydrogen) atoms. The second kappa shape index (κ2) is 7.12. The highest BCUT2D eigenvalue weighted by Crippen LogP contribution is 2.16. The molecule has 1 aromatic rings. The summed E-state index contributed by atoms with van der Waals surface area (Å²) >= 11 is 0. The molecule has 9 nitrogen and oxygen atoms in total. The van der Waals surface area contributed by atoms with Crippen LogP contribution in [0.3, 0.4) is 0 Å². The molecular formula is C16H17N3O6. The number of nitrogens with zero attached hydrogens (tertiary/aromatic N) is 2. The van der Waals surface area contributed by atoms with Crippen LogP contribution < -0.4 is 5.32 Å². The molecule has 0 bridgehead atoms. The molecule has 5 amide bonds. The number of hydrogen-bond acceptors (Lipinski definition) is 6. The summed E-state index contributed by atoms with van der Waals surface area (Å²) in [5.41, 5.74) is 0.673. The predicted octanol–water partition coefficient (Wildman–Crippen LogP) is 0.611. The summed E-state index contributed by atoms with van der Waals surface area (Å²) in [6, 6.07) is 4.56. The first-order valence-electron chi connectivity index (χ1n) is 7.43. The van der Waals surface area contributed by atoms with Gasteiger partial charge < -0.3 is 10.1 Å². The molecule has 0 saturated carbocycles. The van der Waals surface area contributed by atoms with Gasteiger partial charge in [-0.25, -0.2) is 14.5 Å². The van der Waals surface area contributed by atoms with E-state index < -0.39 is 42.3 Å². The fraction of sp³-hybridized carbons (Fsp3) is 0.312. The van der Waals surface area contributed by atoms with Crippen molar-refractivity contribution in [2.75, 3.05) is 19.0 Å². The van der Waals surface area contributed by atoms with Gasteiger partial charge in [0.15, 0.2) is 0 Å². The molecule has 132 valence electrons. The van der Waals surface area contributed by atoms with Gasteiger partial charge in [-0.1, -0.05) is 0 Å². The maximum atomic E-state index is 12.1. The Hall–Kier alpha value is -3.23. The van der Waals surface area contributed by atoms with Crippen molar-refractivity contribution in [2.45, 2.75) is 19.9 Å². The van der Waals surface area contributed by atoms with Crippen molar-refractivity contribution >= 4 is 35.4 Å². The van der Waals surface area contributed by atoms with Gasteiger partial charge in [0, 0.05) is 11.7 Å². The lowest BCUT2D eigenvalue weighted by molar-refractivity contribution is -0.144. The molecule has 0 unspecified atom stereocenters. The van der Waals surface area contributed by atoms with Crippen molar-refractivity contribution in [1.29, 1.82) is 0 Å². The molecule has 1 N–H and O–H groups in total. The van der Waals surface area contributed by atoms with E-state index in [0.29, 0.717) is 16.2 Å². The summed E-state index contributed by atoms with van der Waals surface area (Å²) in [4.78, 5) is 60.5. The van der Waals surface area contributed by atoms with E-state index in [1.807, 2.05) is 0 Å². The Morgan fingerprint density at radius 2 is 1.68 bits per heavy atom. The number of nitrogens with one attached hydrogen (secondary N) is 1. The average Bonchev–Trinajstić information content (AvgIpc) is 2.78. The molecule has 1 fully saturated rings. The van der Waals surface area contributed by atoms with Gasteiger partial charge in [-0.15, -0.1) is 0 Å². The minimum absolute atomic E-state index is 0.309. The number of amides is 5. The Morgan fingerprint density at radius 3 is 2.16 bits per heavy atom. The van der Waals surface area contributed by atoms with Crippen molar-refractivity contribution in [3.63, 3.8) is 0 Å². The summed E-state index contributed by atoms with van der Waals surface area (Å²) < 4.78 is 4.56. The quantitative estimate of drug-likeness (QED) is 0.474. The Kier molecular flexibility index (Phi) is 5.16. The number of carbonyl (C=O) groups is 5. The van der Waals surface area contributed by atoms with E-state index in [2.05, 4.69) is 10.1 Å². The summed E-state index contributed by atoms with van der Waals surface area (Å²) in [6.45, 7) is 2.61. The van der Waals surface area contributed by atoms with E-state index in [1.54, 1.807) is 13.8 Å². The molecule has 0 radical (unpaired) electrons. The van der Waals surface area contributed by atoms with Crippen molar-refractivity contribution < 1.29 is 28.7 Å². The predicted molar refractivity (Wildman–Crippen MR) is 85.5 cm³/mol. The minimum Gasteiger partial charge on any atom is -0.465 e. The molecule has 0 aromatic heterocycles. The fourth-order valence-electron chi connectivity index (χ4n) is 2.27. The van der Waals surface area contributed by atoms with Crippen LogP contribution >= 0.6 is 0 Å². The van der Waals surface area contributed by atoms with Gasteiger partial charge in [0.05, 0.1) is 12.7 Å². The summed E-state index contributed by atoms with van der Waals surface area (Å²) in [7, 11) is 1.25. The number of anilines is 1. The number of imide groups is 2. The molecule has 1 aliphatic heterocycles. The highest BCUT2D eigenvalue weighted by atomic mass is 16.5. The number of methoxy groups -OCH3 is 1. The van der Waals surface area contributed by atoms with Gasteiger partial charge in [0.2, 0.25) is 5.91 Å². The van der Waals surface area contributed by atoms with Gasteiger partial charge in [-0.05, 0) is 38.1 Å². The molecule has 9 heteroatoms. The first-order valence-corrected chi connectivity index (χ1v) is 7.43. The molecule has 0 spiro atoms. The Morgan fingerprint density at radius 1 is 1.08 bits per heavy atom. The first-order chi connectivity index (χ1) is 11.8. The van der Waals surface area contributed by atoms with E-state index in [-0.39, 0.29) is 0 Å². The minimum atomic E-state index is -1.03. The van der Waals surface area contributed by atoms with Crippen LogP contribution in [0.1, 0.15) is 24.2 Å². The van der Waals surface area contributed by atoms with Crippen LogP contribution in [0.25, 0.3) is 0 Å². The summed E-state index contributed by atoms with van der Waals surface area (Å²) in [5, 5.41) is 2.49. The Bertz CT molecular complexity index is 741. The van der Waals surface area contributed by atoms with E-state index in [4.69, 9.17) is 0 Å². The highest BCUT2D eigenvalue weighted by molar-refractivity contribution is 6.45. The van der Waals surface area contributed by atoms with Crippen LogP contribution in [-0.4, -0.2) is 59.2 Å². The number of urea groups is 1. The van der Waals surface area contributed by atoms with E-state index in [0.717, 1.165) is 4.90 Å². The van der Waals surface area contributed by atoms with Gasteiger partial charge >= 0.3 is 23.8 Å². The zero-order chi connectivity index (χ0) is 18.7. The van der Waals surface area contributed by atoms with Gasteiger partial charge in [-0.3, -0.25) is 19.3 Å². The number of benzene rings is 1. The zero-order valence-corrected chi connectivity index (χ0v) is 13.9. The largest absolute Gasteiger partial charge is 0.465 e. The molecular weight excluding hydrogens is 330 g/mol. The van der Waals surface area contributed by atoms with E-state index in [9.17, 15) is 24.0 Å². The topological polar surface area (TPSA) is 113 Å². The van der Waals surface area contributed by atoms with Crippen LogP contribution in [0, 0.1) is 0 Å². The smallest absolute Gasteiger partial charge is 0.337 e. The number of esters is 1. The van der Waals surface area contributed by atoms with Crippen molar-refractivity contribution in [2.24, 2.45) is 0 Å². The lowest BCUT2D eigenvalue weighted by atomic mass is 10.2. The lowest BCUT2D eigenvalue weighted by Crippen LogP contribution is -2.40. The van der Waals surface area contributed by atoms with Crippen LogP contribution in [0.2, 0.25) is 0 Å². The monoisotopic (exact) mass is 347 g/mol. The normalized spacial score (nSPS) is 14.3. The van der Waals surface area contributed by atoms with Crippen LogP contribution in [0.5, 0.6) is 0 Å². The maximum absolute atomic E-state index is 12.1. The molecule has 0 aliphatic carbocycles. The average molecular weight is 347 g/mol. The Balaban J connectivity index is 2.03. The van der Waals surface area contributed by atoms with Crippen molar-refractivity contribution in [3.8, 4) is 0 Å². The van der Waals surface area contributed by atoms with Gasteiger partial charge in [0.1, 0.15) is 6.54 Å². The number of rotatable bonds is 5. The zero-order valence-electron chi connectivity index (χ0n) is 13.9. The van der Waals surface area contributed by atoms with Crippen molar-refractivity contribution in [3.05, 3.63) is 29.8 Å². The van der Waals surface area contributed by atoms with Crippen LogP contribution in [0.15, 0.2) is 24.3 Å². The van der Waals surface area contributed by atoms with Gasteiger partial charge in [0.25, 0.3) is 0 Å². The fourth-order valence-corrected chi connectivity index (χ4v) is 2.27. The second-order valence-electron chi connectivity index (χ2n) is 5.56. The van der Waals surface area contributed by atoms with E-state index >= 15 is 0 Å². The molecule has 1 heterocycles. The number of hydrogen-bond donors (Lipinski definition) is 1. The molecule has 2 rings (SSSR count). The standard InChI is InChI=1S/C16H17N3O6/c1-9(2)19-14(22)13(21)18(16(19)24)8-12(20)17-11-6-4-10(5-7-11)15(23)25-3/h4-7,9H,8H2,1-3H3,(H,17,20). The second-order valence-corrected chi connectivity index (χ2v) is 5.56. The van der Waals surface area contributed by atoms with Crippen molar-refractivity contribution in [1.82, 2.24) is 9.80 Å². The SMILES string of the molecule is COC(=O)c1ccc(NC(=O)CN2C(=O)C(=O)N(C(C)C)C2=O)cc1. The number of carbonyl (C=O) groups excluding carboxylic acids is 5. The molecule has 1 aliphatic rings. The third kappa shape index (κ3) is 3.65. The third-order valence-corrected chi connectivity index (χ3v) is 3.49. The summed E-state index contributed by atoms with van der Waals surface area (Å²) in [5.74, 6) is -3.14. The molecule has 1 saturated heterocycles. The Labute approximate surface area is 143 Å². The number of ether oxygens (including phenoxy) is 1. The molecule has 0 atom stereocenters. The van der Waals surface area contributed by atoms with Gasteiger partial charge in [-0.2, -0.15) is 0 Å². The summed E-state index contributed by atoms with van der Waals surface area (Å²) in [6.07, 6.45) is 0. The first kappa shape index (κ1) is 18.1. The van der Waals surface area contributed by atoms with Crippen LogP contribution in [0.4, 0.5) is 10.5 Å². The molecule has 1 aromatic carbocycles.